The number of halogens is 2. The molecule has 34 heavy (non-hydrogen) atoms. The number of aryl methyl sites for hydroxylation is 1. The third-order valence-electron chi connectivity index (χ3n) is 6.14. The number of pyridine rings is 1. The molecule has 2 N–H and O–H groups in total. The maximum absolute atomic E-state index is 9.61. The number of nitrogens with one attached hydrogen (secondary N) is 2. The van der Waals surface area contributed by atoms with Gasteiger partial charge in [0.25, 0.3) is 0 Å². The number of anilines is 1. The highest BCUT2D eigenvalue weighted by atomic mass is 35.5. The molecule has 0 unspecified atom stereocenters. The van der Waals surface area contributed by atoms with E-state index in [-0.39, 0.29) is 0 Å². The van der Waals surface area contributed by atoms with Crippen LogP contribution in [0.1, 0.15) is 42.0 Å². The molecule has 0 radical (unpaired) electrons. The highest BCUT2D eigenvalue weighted by molar-refractivity contribution is 6.32. The van der Waals surface area contributed by atoms with Gasteiger partial charge in [0, 0.05) is 23.5 Å². The zero-order valence-corrected chi connectivity index (χ0v) is 20.9. The van der Waals surface area contributed by atoms with Crippen LogP contribution < -0.4 is 15.4 Å². The van der Waals surface area contributed by atoms with Crippen LogP contribution in [0.15, 0.2) is 30.3 Å². The zero-order valence-electron chi connectivity index (χ0n) is 19.4. The smallest absolute Gasteiger partial charge is 0.137 e. The summed E-state index contributed by atoms with van der Waals surface area (Å²) in [5.74, 6) is 0.628. The van der Waals surface area contributed by atoms with Gasteiger partial charge in [-0.15, -0.1) is 0 Å². The largest absolute Gasteiger partial charge is 0.495 e. The first-order valence-electron chi connectivity index (χ1n) is 11.5. The van der Waals surface area contributed by atoms with Crippen molar-refractivity contribution in [2.45, 2.75) is 45.4 Å². The minimum Gasteiger partial charge on any atom is -0.495 e. The minimum atomic E-state index is 0.323. The van der Waals surface area contributed by atoms with E-state index < -0.39 is 0 Å². The normalized spacial score (nSPS) is 15.4. The second-order valence-electron chi connectivity index (χ2n) is 8.38. The summed E-state index contributed by atoms with van der Waals surface area (Å²) in [5.41, 5.74) is 4.96. The van der Waals surface area contributed by atoms with Crippen molar-refractivity contribution in [1.82, 2.24) is 10.3 Å². The van der Waals surface area contributed by atoms with Crippen LogP contribution >= 0.6 is 23.2 Å². The molecule has 6 nitrogen and oxygen atoms in total. The fourth-order valence-corrected chi connectivity index (χ4v) is 4.84. The first kappa shape index (κ1) is 24.6. The summed E-state index contributed by atoms with van der Waals surface area (Å²) in [6, 6.07) is 12.1. The van der Waals surface area contributed by atoms with E-state index >= 15 is 0 Å². The lowest BCUT2D eigenvalue weighted by molar-refractivity contribution is 0.104. The lowest BCUT2D eigenvalue weighted by Gasteiger charge is -2.19. The molecule has 1 saturated heterocycles. The SMILES string of the molecule is CCc1cc(C#N)cc2c(NCc3ccc(OC)c(Cl)c3)c(COC[C@@H]3CCCN3)c(Cl)nc12. The summed E-state index contributed by atoms with van der Waals surface area (Å²) in [6.07, 6.45) is 3.02. The number of aromatic nitrogens is 1. The Bertz CT molecular complexity index is 1220. The first-order chi connectivity index (χ1) is 16.5. The van der Waals surface area contributed by atoms with E-state index in [2.05, 4.69) is 16.7 Å². The van der Waals surface area contributed by atoms with Crippen molar-refractivity contribution in [3.05, 3.63) is 62.8 Å². The molecule has 1 fully saturated rings. The first-order valence-corrected chi connectivity index (χ1v) is 12.2. The highest BCUT2D eigenvalue weighted by Gasteiger charge is 2.19. The van der Waals surface area contributed by atoms with Gasteiger partial charge in [-0.3, -0.25) is 0 Å². The fourth-order valence-electron chi connectivity index (χ4n) is 4.33. The standard InChI is InChI=1S/C26H28Cl2N4O2/c1-3-18-9-17(12-29)10-20-24(18)32-26(28)21(15-34-14-19-5-4-8-30-19)25(20)31-13-16-6-7-23(33-2)22(27)11-16/h6-7,9-11,19,30H,3-5,8,13-15H2,1-2H3,(H,31,32)/t19-/m0/s1. The maximum Gasteiger partial charge on any atom is 0.137 e. The van der Waals surface area contributed by atoms with Crippen LogP contribution in [0.25, 0.3) is 10.9 Å². The number of nitrogens with zero attached hydrogens (tertiary/aromatic N) is 2. The van der Waals surface area contributed by atoms with E-state index in [1.807, 2.05) is 37.3 Å². The number of hydrogen-bond acceptors (Lipinski definition) is 6. The predicted molar refractivity (Wildman–Crippen MR) is 137 cm³/mol. The molecule has 1 aliphatic heterocycles. The molecule has 4 rings (SSSR count). The summed E-state index contributed by atoms with van der Waals surface area (Å²) in [6.45, 7) is 4.52. The van der Waals surface area contributed by atoms with Crippen LogP contribution in [0.4, 0.5) is 5.69 Å². The maximum atomic E-state index is 9.61. The Kier molecular flexibility index (Phi) is 8.12. The third kappa shape index (κ3) is 5.39. The topological polar surface area (TPSA) is 79.2 Å². The summed E-state index contributed by atoms with van der Waals surface area (Å²) in [5, 5.41) is 18.4. The van der Waals surface area contributed by atoms with Crippen LogP contribution in [0.5, 0.6) is 5.75 Å². The number of fused-ring (bicyclic) bond motifs is 1. The lowest BCUT2D eigenvalue weighted by Crippen LogP contribution is -2.26. The number of ether oxygens (including phenoxy) is 2. The Hall–Kier alpha value is -2.56. The van der Waals surface area contributed by atoms with Crippen molar-refractivity contribution in [2.75, 3.05) is 25.6 Å². The quantitative estimate of drug-likeness (QED) is 0.359. The molecule has 178 valence electrons. The number of benzene rings is 2. The van der Waals surface area contributed by atoms with Crippen LogP contribution in [-0.4, -0.2) is 31.3 Å². The molecule has 2 aromatic carbocycles. The van der Waals surface area contributed by atoms with Crippen molar-refractivity contribution in [3.8, 4) is 11.8 Å². The van der Waals surface area contributed by atoms with Gasteiger partial charge in [-0.2, -0.15) is 5.26 Å². The van der Waals surface area contributed by atoms with Crippen LogP contribution in [0.2, 0.25) is 10.2 Å². The minimum absolute atomic E-state index is 0.323. The third-order valence-corrected chi connectivity index (χ3v) is 6.75. The van der Waals surface area contributed by atoms with Crippen molar-refractivity contribution in [1.29, 1.82) is 5.26 Å². The number of nitriles is 1. The van der Waals surface area contributed by atoms with Crippen molar-refractivity contribution >= 4 is 39.8 Å². The Morgan fingerprint density at radius 3 is 2.79 bits per heavy atom. The molecule has 1 atom stereocenters. The lowest BCUT2D eigenvalue weighted by atomic mass is 10.0. The number of rotatable bonds is 9. The van der Waals surface area contributed by atoms with E-state index in [0.717, 1.165) is 52.7 Å². The van der Waals surface area contributed by atoms with Gasteiger partial charge in [-0.1, -0.05) is 36.2 Å². The van der Waals surface area contributed by atoms with Crippen LogP contribution in [-0.2, 0) is 24.3 Å². The number of methoxy groups -OCH3 is 1. The van der Waals surface area contributed by atoms with Gasteiger partial charge >= 0.3 is 0 Å². The van der Waals surface area contributed by atoms with E-state index in [1.54, 1.807) is 7.11 Å². The molecule has 0 saturated carbocycles. The van der Waals surface area contributed by atoms with Crippen molar-refractivity contribution in [2.24, 2.45) is 0 Å². The van der Waals surface area contributed by atoms with Gasteiger partial charge < -0.3 is 20.1 Å². The average Bonchev–Trinajstić information content (AvgIpc) is 3.36. The van der Waals surface area contributed by atoms with Gasteiger partial charge in [-0.05, 0) is 61.2 Å². The molecule has 3 aromatic rings. The van der Waals surface area contributed by atoms with Gasteiger partial charge in [0.05, 0.1) is 48.2 Å². The Morgan fingerprint density at radius 1 is 1.26 bits per heavy atom. The molecule has 0 amide bonds. The Balaban J connectivity index is 1.71. The second kappa shape index (κ2) is 11.2. The van der Waals surface area contributed by atoms with Gasteiger partial charge in [0.15, 0.2) is 0 Å². The van der Waals surface area contributed by atoms with Gasteiger partial charge in [-0.25, -0.2) is 4.98 Å². The molecular formula is C26H28Cl2N4O2. The molecular weight excluding hydrogens is 471 g/mol. The predicted octanol–water partition coefficient (Wildman–Crippen LogP) is 5.86. The summed E-state index contributed by atoms with van der Waals surface area (Å²) >= 11 is 13.0. The Morgan fingerprint density at radius 2 is 2.12 bits per heavy atom. The second-order valence-corrected chi connectivity index (χ2v) is 9.15. The molecule has 1 aliphatic rings. The van der Waals surface area contributed by atoms with E-state index in [0.29, 0.717) is 47.3 Å². The fraction of sp³-hybridized carbons (Fsp3) is 0.385. The van der Waals surface area contributed by atoms with Crippen LogP contribution in [0.3, 0.4) is 0 Å². The van der Waals surface area contributed by atoms with Gasteiger partial charge in [0.1, 0.15) is 10.9 Å². The van der Waals surface area contributed by atoms with E-state index in [9.17, 15) is 5.26 Å². The van der Waals surface area contributed by atoms with Crippen molar-refractivity contribution in [3.63, 3.8) is 0 Å². The molecule has 0 aliphatic carbocycles. The molecule has 0 spiro atoms. The summed E-state index contributed by atoms with van der Waals surface area (Å²) < 4.78 is 11.3. The van der Waals surface area contributed by atoms with E-state index in [1.165, 1.54) is 6.42 Å². The average molecular weight is 499 g/mol. The zero-order chi connectivity index (χ0) is 24.1. The monoisotopic (exact) mass is 498 g/mol. The molecule has 8 heteroatoms. The van der Waals surface area contributed by atoms with Gasteiger partial charge in [0.2, 0.25) is 0 Å². The highest BCUT2D eigenvalue weighted by Crippen LogP contribution is 2.35. The molecule has 0 bridgehead atoms. The van der Waals surface area contributed by atoms with Crippen LogP contribution in [0, 0.1) is 11.3 Å². The molecule has 2 heterocycles. The van der Waals surface area contributed by atoms with E-state index in [4.69, 9.17) is 37.7 Å². The Labute approximate surface area is 210 Å². The number of hydrogen-bond donors (Lipinski definition) is 2. The molecule has 1 aromatic heterocycles. The summed E-state index contributed by atoms with van der Waals surface area (Å²) in [4.78, 5) is 4.71. The van der Waals surface area contributed by atoms with Crippen molar-refractivity contribution < 1.29 is 9.47 Å². The summed E-state index contributed by atoms with van der Waals surface area (Å²) in [7, 11) is 1.59.